The van der Waals surface area contributed by atoms with Crippen LogP contribution in [0.25, 0.3) is 0 Å². The van der Waals surface area contributed by atoms with Gasteiger partial charge in [-0.2, -0.15) is 0 Å². The second-order valence-electron chi connectivity index (χ2n) is 4.11. The van der Waals surface area contributed by atoms with Gasteiger partial charge in [-0.15, -0.1) is 0 Å². The van der Waals surface area contributed by atoms with Crippen LogP contribution in [-0.2, 0) is 5.41 Å². The number of amides is 1. The number of pyridine rings is 1. The summed E-state index contributed by atoms with van der Waals surface area (Å²) in [6.07, 6.45) is 0.544. The lowest BCUT2D eigenvalue weighted by molar-refractivity contribution is 0.209. The van der Waals surface area contributed by atoms with Gasteiger partial charge in [0, 0.05) is 23.0 Å². The van der Waals surface area contributed by atoms with Crippen LogP contribution in [0.4, 0.5) is 10.5 Å². The third-order valence-corrected chi connectivity index (χ3v) is 1.78. The van der Waals surface area contributed by atoms with Crippen LogP contribution in [0.2, 0.25) is 0 Å². The lowest BCUT2D eigenvalue weighted by atomic mass is 9.91. The van der Waals surface area contributed by atoms with Crippen LogP contribution in [0, 0.1) is 0 Å². The van der Waals surface area contributed by atoms with Gasteiger partial charge in [0.05, 0.1) is 0 Å². The van der Waals surface area contributed by atoms with E-state index in [4.69, 9.17) is 5.11 Å². The van der Waals surface area contributed by atoms with Crippen molar-refractivity contribution in [3.8, 4) is 0 Å². The lowest BCUT2D eigenvalue weighted by Crippen LogP contribution is -2.14. The smallest absolute Gasteiger partial charge is 0.409 e. The Morgan fingerprint density at radius 3 is 2.64 bits per heavy atom. The first-order chi connectivity index (χ1) is 6.39. The molecule has 0 fully saturated rings. The SMILES string of the molecule is CC(C)(C)c1cc(NC(=O)O)ccn1. The van der Waals surface area contributed by atoms with E-state index in [1.54, 1.807) is 18.3 Å². The number of carbonyl (C=O) groups is 1. The summed E-state index contributed by atoms with van der Waals surface area (Å²) in [5.41, 5.74) is 1.34. The Labute approximate surface area is 83.0 Å². The normalized spacial score (nSPS) is 11.1. The largest absolute Gasteiger partial charge is 0.465 e. The first-order valence-corrected chi connectivity index (χ1v) is 4.36. The molecule has 1 heterocycles. The molecule has 1 amide bonds. The van der Waals surface area contributed by atoms with Crippen LogP contribution in [0.15, 0.2) is 18.3 Å². The molecule has 0 atom stereocenters. The second-order valence-corrected chi connectivity index (χ2v) is 4.11. The molecule has 14 heavy (non-hydrogen) atoms. The van der Waals surface area contributed by atoms with Gasteiger partial charge in [-0.25, -0.2) is 4.79 Å². The van der Waals surface area contributed by atoms with Gasteiger partial charge in [-0.3, -0.25) is 10.3 Å². The van der Waals surface area contributed by atoms with E-state index in [9.17, 15) is 4.79 Å². The minimum atomic E-state index is -1.06. The average molecular weight is 194 g/mol. The quantitative estimate of drug-likeness (QED) is 0.721. The Kier molecular flexibility index (Phi) is 2.74. The Hall–Kier alpha value is -1.58. The number of carboxylic acid groups (broad SMARTS) is 1. The molecule has 1 aromatic rings. The van der Waals surface area contributed by atoms with E-state index < -0.39 is 6.09 Å². The standard InChI is InChI=1S/C10H14N2O2/c1-10(2,3)8-6-7(4-5-11-8)12-9(13)14/h4-6H,1-3H3,(H,11,12)(H,13,14). The van der Waals surface area contributed by atoms with Crippen molar-refractivity contribution in [2.24, 2.45) is 0 Å². The second kappa shape index (κ2) is 3.65. The summed E-state index contributed by atoms with van der Waals surface area (Å²) < 4.78 is 0. The van der Waals surface area contributed by atoms with Crippen molar-refractivity contribution >= 4 is 11.8 Å². The highest BCUT2D eigenvalue weighted by Crippen LogP contribution is 2.22. The highest BCUT2D eigenvalue weighted by molar-refractivity contribution is 5.82. The molecule has 0 saturated carbocycles. The lowest BCUT2D eigenvalue weighted by Gasteiger charge is -2.17. The molecule has 2 N–H and O–H groups in total. The van der Waals surface area contributed by atoms with E-state index in [0.29, 0.717) is 5.69 Å². The molecule has 0 aliphatic heterocycles. The Morgan fingerprint density at radius 1 is 1.50 bits per heavy atom. The first kappa shape index (κ1) is 10.5. The highest BCUT2D eigenvalue weighted by atomic mass is 16.4. The van der Waals surface area contributed by atoms with Gasteiger partial charge in [0.2, 0.25) is 0 Å². The summed E-state index contributed by atoms with van der Waals surface area (Å²) in [5.74, 6) is 0. The molecule has 1 rings (SSSR count). The van der Waals surface area contributed by atoms with Gasteiger partial charge in [0.1, 0.15) is 0 Å². The fourth-order valence-electron chi connectivity index (χ4n) is 1.04. The van der Waals surface area contributed by atoms with E-state index in [-0.39, 0.29) is 5.41 Å². The van der Waals surface area contributed by atoms with Crippen molar-refractivity contribution in [2.45, 2.75) is 26.2 Å². The molecule has 0 bridgehead atoms. The third-order valence-electron chi connectivity index (χ3n) is 1.78. The molecule has 0 aliphatic carbocycles. The zero-order valence-corrected chi connectivity index (χ0v) is 8.53. The molecule has 1 aromatic heterocycles. The van der Waals surface area contributed by atoms with E-state index in [1.807, 2.05) is 20.8 Å². The fraction of sp³-hybridized carbons (Fsp3) is 0.400. The van der Waals surface area contributed by atoms with Crippen LogP contribution >= 0.6 is 0 Å². The molecule has 4 nitrogen and oxygen atoms in total. The molecule has 0 spiro atoms. The number of nitrogens with one attached hydrogen (secondary N) is 1. The molecule has 0 radical (unpaired) electrons. The predicted octanol–water partition coefficient (Wildman–Crippen LogP) is 2.47. The summed E-state index contributed by atoms with van der Waals surface area (Å²) in [6.45, 7) is 6.08. The van der Waals surface area contributed by atoms with Crippen LogP contribution in [-0.4, -0.2) is 16.2 Å². The third kappa shape index (κ3) is 2.73. The minimum absolute atomic E-state index is 0.0732. The van der Waals surface area contributed by atoms with Crippen LogP contribution < -0.4 is 5.32 Å². The van der Waals surface area contributed by atoms with Crippen LogP contribution in [0.5, 0.6) is 0 Å². The fourth-order valence-corrected chi connectivity index (χ4v) is 1.04. The van der Waals surface area contributed by atoms with Gasteiger partial charge in [0.25, 0.3) is 0 Å². The van der Waals surface area contributed by atoms with Crippen molar-refractivity contribution in [1.82, 2.24) is 4.98 Å². The number of anilines is 1. The maximum absolute atomic E-state index is 10.4. The van der Waals surface area contributed by atoms with Crippen molar-refractivity contribution < 1.29 is 9.90 Å². The zero-order valence-electron chi connectivity index (χ0n) is 8.53. The van der Waals surface area contributed by atoms with Crippen LogP contribution in [0.3, 0.4) is 0 Å². The van der Waals surface area contributed by atoms with Gasteiger partial charge in [0.15, 0.2) is 0 Å². The molecular formula is C10H14N2O2. The number of aromatic nitrogens is 1. The molecule has 0 saturated heterocycles. The van der Waals surface area contributed by atoms with Gasteiger partial charge >= 0.3 is 6.09 Å². The maximum Gasteiger partial charge on any atom is 0.409 e. The summed E-state index contributed by atoms with van der Waals surface area (Å²) in [4.78, 5) is 14.6. The molecule has 0 unspecified atom stereocenters. The van der Waals surface area contributed by atoms with E-state index >= 15 is 0 Å². The number of hydrogen-bond acceptors (Lipinski definition) is 2. The molecule has 0 aliphatic rings. The topological polar surface area (TPSA) is 62.2 Å². The van der Waals surface area contributed by atoms with Crippen molar-refractivity contribution in [2.75, 3.05) is 5.32 Å². The first-order valence-electron chi connectivity index (χ1n) is 4.36. The van der Waals surface area contributed by atoms with Gasteiger partial charge < -0.3 is 5.11 Å². The van der Waals surface area contributed by atoms with E-state index in [0.717, 1.165) is 5.69 Å². The summed E-state index contributed by atoms with van der Waals surface area (Å²) in [7, 11) is 0. The predicted molar refractivity (Wildman–Crippen MR) is 54.6 cm³/mol. The van der Waals surface area contributed by atoms with Gasteiger partial charge in [-0.05, 0) is 12.1 Å². The van der Waals surface area contributed by atoms with Crippen LogP contribution in [0.1, 0.15) is 26.5 Å². The summed E-state index contributed by atoms with van der Waals surface area (Å²) in [5, 5.41) is 10.8. The zero-order chi connectivity index (χ0) is 10.8. The number of nitrogens with zero attached hydrogens (tertiary/aromatic N) is 1. The summed E-state index contributed by atoms with van der Waals surface area (Å²) in [6, 6.07) is 3.37. The minimum Gasteiger partial charge on any atom is -0.465 e. The van der Waals surface area contributed by atoms with Crippen molar-refractivity contribution in [1.29, 1.82) is 0 Å². The summed E-state index contributed by atoms with van der Waals surface area (Å²) >= 11 is 0. The molecule has 76 valence electrons. The molecule has 0 aromatic carbocycles. The Balaban J connectivity index is 2.95. The average Bonchev–Trinajstić information content (AvgIpc) is 2.01. The monoisotopic (exact) mass is 194 g/mol. The van der Waals surface area contributed by atoms with Gasteiger partial charge in [-0.1, -0.05) is 20.8 Å². The molecular weight excluding hydrogens is 180 g/mol. The number of rotatable bonds is 1. The van der Waals surface area contributed by atoms with Crippen molar-refractivity contribution in [3.63, 3.8) is 0 Å². The maximum atomic E-state index is 10.4. The Morgan fingerprint density at radius 2 is 2.14 bits per heavy atom. The number of hydrogen-bond donors (Lipinski definition) is 2. The Bertz CT molecular complexity index is 342. The highest BCUT2D eigenvalue weighted by Gasteiger charge is 2.15. The van der Waals surface area contributed by atoms with Crippen molar-refractivity contribution in [3.05, 3.63) is 24.0 Å². The van der Waals surface area contributed by atoms with E-state index in [2.05, 4.69) is 10.3 Å². The van der Waals surface area contributed by atoms with E-state index in [1.165, 1.54) is 0 Å². The molecule has 4 heteroatoms.